The first-order valence-electron chi connectivity index (χ1n) is 6.44. The van der Waals surface area contributed by atoms with E-state index in [0.29, 0.717) is 0 Å². The summed E-state index contributed by atoms with van der Waals surface area (Å²) < 4.78 is 0. The number of unbranched alkanes of at least 4 members (excludes halogenated alkanes) is 7. The van der Waals surface area contributed by atoms with E-state index >= 15 is 0 Å². The summed E-state index contributed by atoms with van der Waals surface area (Å²) in [5, 5.41) is 2.85. The molecule has 0 aromatic carbocycles. The number of hydrogen-bond acceptors (Lipinski definition) is 4. The summed E-state index contributed by atoms with van der Waals surface area (Å²) in [6.07, 6.45) is 10.0. The van der Waals surface area contributed by atoms with E-state index in [-0.39, 0.29) is 6.17 Å². The van der Waals surface area contributed by atoms with Gasteiger partial charge in [-0.2, -0.15) is 0 Å². The Morgan fingerprint density at radius 1 is 0.812 bits per heavy atom. The van der Waals surface area contributed by atoms with Gasteiger partial charge in [0, 0.05) is 0 Å². The minimum Gasteiger partial charge on any atom is -0.389 e. The van der Waals surface area contributed by atoms with Crippen molar-refractivity contribution in [3.8, 4) is 0 Å². The predicted octanol–water partition coefficient (Wildman–Crippen LogP) is 1.17. The van der Waals surface area contributed by atoms with Crippen molar-refractivity contribution >= 4 is 8.80 Å². The highest BCUT2D eigenvalue weighted by Crippen LogP contribution is 2.07. The van der Waals surface area contributed by atoms with Crippen LogP contribution in [0.5, 0.6) is 0 Å². The van der Waals surface area contributed by atoms with Crippen molar-refractivity contribution in [3.63, 3.8) is 0 Å². The Bertz CT molecular complexity index is 151. The Balaban J connectivity index is 2.99. The second-order valence-electron chi connectivity index (χ2n) is 4.43. The lowest BCUT2D eigenvalue weighted by Gasteiger charge is -2.10. The smallest absolute Gasteiger partial charge is 0.389 e. The average molecular weight is 249 g/mol. The van der Waals surface area contributed by atoms with Crippen molar-refractivity contribution in [2.75, 3.05) is 12.7 Å². The molecule has 0 amide bonds. The Morgan fingerprint density at radius 2 is 1.31 bits per heavy atom. The van der Waals surface area contributed by atoms with Crippen LogP contribution < -0.4 is 5.32 Å². The molecule has 0 bridgehead atoms. The summed E-state index contributed by atoms with van der Waals surface area (Å²) >= 11 is 0. The first-order chi connectivity index (χ1) is 7.56. The van der Waals surface area contributed by atoms with Gasteiger partial charge in [0.15, 0.2) is 0 Å². The fourth-order valence-corrected chi connectivity index (χ4v) is 2.15. The van der Waals surface area contributed by atoms with Crippen LogP contribution in [0.25, 0.3) is 0 Å². The summed E-state index contributed by atoms with van der Waals surface area (Å²) in [5.74, 6) is 0. The molecule has 0 aliphatic rings. The van der Waals surface area contributed by atoms with Gasteiger partial charge in [-0.3, -0.25) is 0 Å². The van der Waals surface area contributed by atoms with E-state index in [1.165, 1.54) is 44.9 Å². The SMILES string of the molecule is CCCCCCCCCCNC[Si](O)(O)O. The van der Waals surface area contributed by atoms with Crippen molar-refractivity contribution in [1.82, 2.24) is 5.32 Å². The van der Waals surface area contributed by atoms with Crippen LogP contribution in [0.3, 0.4) is 0 Å². The van der Waals surface area contributed by atoms with Crippen molar-refractivity contribution in [1.29, 1.82) is 0 Å². The lowest BCUT2D eigenvalue weighted by Crippen LogP contribution is -2.46. The van der Waals surface area contributed by atoms with Crippen LogP contribution in [0.1, 0.15) is 58.3 Å². The Hall–Kier alpha value is 0.0569. The Kier molecular flexibility index (Phi) is 10.3. The molecule has 5 heteroatoms. The zero-order valence-corrected chi connectivity index (χ0v) is 11.4. The van der Waals surface area contributed by atoms with Crippen LogP contribution in [0, 0.1) is 0 Å². The lowest BCUT2D eigenvalue weighted by atomic mass is 10.1. The molecule has 0 spiro atoms. The fraction of sp³-hybridized carbons (Fsp3) is 1.00. The molecule has 0 atom stereocenters. The molecule has 0 fully saturated rings. The van der Waals surface area contributed by atoms with Crippen molar-refractivity contribution in [2.24, 2.45) is 0 Å². The first-order valence-corrected chi connectivity index (χ1v) is 8.49. The second kappa shape index (κ2) is 10.2. The molecule has 0 radical (unpaired) electrons. The molecule has 4 N–H and O–H groups in total. The van der Waals surface area contributed by atoms with Crippen LogP contribution in [0.4, 0.5) is 0 Å². The van der Waals surface area contributed by atoms with Crippen LogP contribution in [-0.2, 0) is 0 Å². The molecule has 0 saturated carbocycles. The van der Waals surface area contributed by atoms with Crippen LogP contribution in [0.15, 0.2) is 0 Å². The summed E-state index contributed by atoms with van der Waals surface area (Å²) in [4.78, 5) is 26.2. The third-order valence-electron chi connectivity index (χ3n) is 2.57. The van der Waals surface area contributed by atoms with Gasteiger partial charge in [-0.25, -0.2) is 0 Å². The third kappa shape index (κ3) is 14.1. The molecule has 0 saturated heterocycles. The zero-order valence-electron chi connectivity index (χ0n) is 10.4. The van der Waals surface area contributed by atoms with E-state index in [1.54, 1.807) is 0 Å². The Morgan fingerprint density at radius 3 is 1.81 bits per heavy atom. The molecular weight excluding hydrogens is 222 g/mol. The molecule has 0 aliphatic carbocycles. The maximum absolute atomic E-state index is 8.73. The van der Waals surface area contributed by atoms with E-state index < -0.39 is 8.80 Å². The van der Waals surface area contributed by atoms with Crippen molar-refractivity contribution in [2.45, 2.75) is 58.3 Å². The van der Waals surface area contributed by atoms with E-state index in [0.717, 1.165) is 13.0 Å². The average Bonchev–Trinajstić information content (AvgIpc) is 2.19. The summed E-state index contributed by atoms with van der Waals surface area (Å²) in [6.45, 7) is 2.98. The maximum Gasteiger partial charge on any atom is 0.507 e. The minimum atomic E-state index is -3.86. The molecule has 0 unspecified atom stereocenters. The van der Waals surface area contributed by atoms with E-state index in [4.69, 9.17) is 14.4 Å². The molecule has 0 heterocycles. The van der Waals surface area contributed by atoms with Gasteiger partial charge in [-0.05, 0) is 13.0 Å². The highest BCUT2D eigenvalue weighted by Gasteiger charge is 2.25. The first kappa shape index (κ1) is 16.1. The highest BCUT2D eigenvalue weighted by atomic mass is 28.4. The fourth-order valence-electron chi connectivity index (χ4n) is 1.64. The van der Waals surface area contributed by atoms with Gasteiger partial charge in [0.05, 0.1) is 6.17 Å². The maximum atomic E-state index is 8.73. The zero-order chi connectivity index (χ0) is 12.3. The van der Waals surface area contributed by atoms with Gasteiger partial charge < -0.3 is 19.7 Å². The summed E-state index contributed by atoms with van der Waals surface area (Å²) in [6, 6.07) is 0. The number of hydrogen-bond donors (Lipinski definition) is 4. The van der Waals surface area contributed by atoms with Crippen molar-refractivity contribution < 1.29 is 14.4 Å². The van der Waals surface area contributed by atoms with Gasteiger partial charge in [0.2, 0.25) is 0 Å². The molecule has 98 valence electrons. The lowest BCUT2D eigenvalue weighted by molar-refractivity contribution is 0.224. The molecule has 0 aromatic rings. The largest absolute Gasteiger partial charge is 0.507 e. The molecular formula is C11H27NO3Si. The topological polar surface area (TPSA) is 72.7 Å². The molecule has 0 aromatic heterocycles. The van der Waals surface area contributed by atoms with Gasteiger partial charge >= 0.3 is 8.80 Å². The van der Waals surface area contributed by atoms with Gasteiger partial charge in [0.25, 0.3) is 0 Å². The van der Waals surface area contributed by atoms with E-state index in [1.807, 2.05) is 0 Å². The van der Waals surface area contributed by atoms with Crippen LogP contribution in [0.2, 0.25) is 0 Å². The molecule has 0 rings (SSSR count). The molecule has 0 aliphatic heterocycles. The van der Waals surface area contributed by atoms with Crippen LogP contribution >= 0.6 is 0 Å². The van der Waals surface area contributed by atoms with Gasteiger partial charge in [-0.1, -0.05) is 51.9 Å². The highest BCUT2D eigenvalue weighted by molar-refractivity contribution is 6.56. The Labute approximate surface area is 100 Å². The summed E-state index contributed by atoms with van der Waals surface area (Å²) in [7, 11) is -3.86. The van der Waals surface area contributed by atoms with Gasteiger partial charge in [0.1, 0.15) is 0 Å². The third-order valence-corrected chi connectivity index (χ3v) is 3.29. The molecule has 16 heavy (non-hydrogen) atoms. The van der Waals surface area contributed by atoms with Crippen LogP contribution in [-0.4, -0.2) is 35.9 Å². The van der Waals surface area contributed by atoms with Gasteiger partial charge in [-0.15, -0.1) is 0 Å². The molecule has 4 nitrogen and oxygen atoms in total. The number of nitrogens with one attached hydrogen (secondary N) is 1. The summed E-state index contributed by atoms with van der Waals surface area (Å²) in [5.41, 5.74) is 0. The van der Waals surface area contributed by atoms with Crippen molar-refractivity contribution in [3.05, 3.63) is 0 Å². The predicted molar refractivity (Wildman–Crippen MR) is 67.9 cm³/mol. The normalized spacial score (nSPS) is 12.0. The number of rotatable bonds is 11. The van der Waals surface area contributed by atoms with E-state index in [9.17, 15) is 0 Å². The van der Waals surface area contributed by atoms with E-state index in [2.05, 4.69) is 12.2 Å². The minimum absolute atomic E-state index is 0.0521. The standard InChI is InChI=1S/C11H27NO3Si/c1-2-3-4-5-6-7-8-9-10-12-11-16(13,14)15/h12-15H,2-11H2,1H3. The quantitative estimate of drug-likeness (QED) is 0.328. The monoisotopic (exact) mass is 249 g/mol. The second-order valence-corrected chi connectivity index (χ2v) is 6.33.